The molecule has 0 aliphatic carbocycles. The number of hydrogen-bond acceptors (Lipinski definition) is 5. The van der Waals surface area contributed by atoms with Gasteiger partial charge in [0.25, 0.3) is 5.91 Å². The summed E-state index contributed by atoms with van der Waals surface area (Å²) in [7, 11) is -0.968. The standard InChI is InChI=1S/C22H28N2O4S2/c1-15(2)20(24-21(25)19-7-4-12-29-19)22(26)23-17-6-3-5-16(13-17)14-30(27)18-8-10-28-11-9-18/h3-7,12-13,15,18,20H,8-11,14H2,1-2H3,(H,23,26)(H,24,25). The highest BCUT2D eigenvalue weighted by atomic mass is 32.2. The fourth-order valence-electron chi connectivity index (χ4n) is 3.33. The molecule has 0 radical (unpaired) electrons. The first-order chi connectivity index (χ1) is 14.4. The second kappa shape index (κ2) is 10.8. The van der Waals surface area contributed by atoms with E-state index in [0.717, 1.165) is 18.4 Å². The molecule has 1 saturated heterocycles. The van der Waals surface area contributed by atoms with Gasteiger partial charge in [0, 0.05) is 40.7 Å². The van der Waals surface area contributed by atoms with E-state index in [4.69, 9.17) is 4.74 Å². The first-order valence-corrected chi connectivity index (χ1v) is 12.4. The molecule has 0 saturated carbocycles. The molecule has 2 amide bonds. The third-order valence-corrected chi connectivity index (χ3v) is 7.73. The van der Waals surface area contributed by atoms with E-state index >= 15 is 0 Å². The van der Waals surface area contributed by atoms with Crippen LogP contribution in [0.1, 0.15) is 41.9 Å². The lowest BCUT2D eigenvalue weighted by Gasteiger charge is -2.22. The normalized spacial score (nSPS) is 16.8. The lowest BCUT2D eigenvalue weighted by molar-refractivity contribution is -0.118. The number of ether oxygens (including phenoxy) is 1. The molecular weight excluding hydrogens is 420 g/mol. The van der Waals surface area contributed by atoms with Crippen molar-refractivity contribution in [3.05, 3.63) is 52.2 Å². The second-order valence-corrected chi connectivity index (χ2v) is 10.4. The molecule has 3 rings (SSSR count). The summed E-state index contributed by atoms with van der Waals surface area (Å²) in [6.07, 6.45) is 1.64. The van der Waals surface area contributed by atoms with E-state index in [1.165, 1.54) is 11.3 Å². The van der Waals surface area contributed by atoms with Crippen molar-refractivity contribution in [2.75, 3.05) is 18.5 Å². The topological polar surface area (TPSA) is 84.5 Å². The molecular formula is C22H28N2O4S2. The van der Waals surface area contributed by atoms with Crippen LogP contribution in [0.2, 0.25) is 0 Å². The number of anilines is 1. The van der Waals surface area contributed by atoms with Crippen molar-refractivity contribution in [2.24, 2.45) is 5.92 Å². The van der Waals surface area contributed by atoms with Gasteiger partial charge in [-0.05, 0) is 47.9 Å². The van der Waals surface area contributed by atoms with Crippen LogP contribution in [0.3, 0.4) is 0 Å². The van der Waals surface area contributed by atoms with E-state index in [9.17, 15) is 13.8 Å². The van der Waals surface area contributed by atoms with E-state index in [0.29, 0.717) is 29.5 Å². The van der Waals surface area contributed by atoms with Gasteiger partial charge in [-0.2, -0.15) is 0 Å². The zero-order valence-corrected chi connectivity index (χ0v) is 18.9. The van der Waals surface area contributed by atoms with Gasteiger partial charge in [0.1, 0.15) is 6.04 Å². The van der Waals surface area contributed by atoms with Crippen LogP contribution >= 0.6 is 11.3 Å². The van der Waals surface area contributed by atoms with Crippen molar-refractivity contribution in [3.63, 3.8) is 0 Å². The zero-order chi connectivity index (χ0) is 21.5. The summed E-state index contributed by atoms with van der Waals surface area (Å²) in [4.78, 5) is 25.8. The van der Waals surface area contributed by atoms with Crippen molar-refractivity contribution in [1.29, 1.82) is 0 Å². The van der Waals surface area contributed by atoms with Crippen LogP contribution in [0.25, 0.3) is 0 Å². The van der Waals surface area contributed by atoms with Crippen molar-refractivity contribution >= 4 is 39.6 Å². The van der Waals surface area contributed by atoms with Gasteiger partial charge in [-0.1, -0.05) is 32.0 Å². The molecule has 2 aromatic rings. The fourth-order valence-corrected chi connectivity index (χ4v) is 5.42. The first-order valence-electron chi connectivity index (χ1n) is 10.1. The van der Waals surface area contributed by atoms with Gasteiger partial charge in [-0.15, -0.1) is 11.3 Å². The molecule has 8 heteroatoms. The van der Waals surface area contributed by atoms with Gasteiger partial charge in [-0.25, -0.2) is 0 Å². The van der Waals surface area contributed by atoms with Gasteiger partial charge in [-0.3, -0.25) is 13.8 Å². The largest absolute Gasteiger partial charge is 0.381 e. The molecule has 1 aliphatic heterocycles. The number of carbonyl (C=O) groups is 2. The van der Waals surface area contributed by atoms with Crippen molar-refractivity contribution in [3.8, 4) is 0 Å². The lowest BCUT2D eigenvalue weighted by Crippen LogP contribution is -2.46. The average Bonchev–Trinajstić information content (AvgIpc) is 3.27. The minimum atomic E-state index is -0.968. The second-order valence-electron chi connectivity index (χ2n) is 7.70. The SMILES string of the molecule is CC(C)C(NC(=O)c1cccs1)C(=O)Nc1cccc(CS(=O)C2CCOCC2)c1. The summed E-state index contributed by atoms with van der Waals surface area (Å²) in [6.45, 7) is 5.12. The lowest BCUT2D eigenvalue weighted by atomic mass is 10.0. The van der Waals surface area contributed by atoms with Gasteiger partial charge in [0.15, 0.2) is 0 Å². The molecule has 1 aliphatic rings. The molecule has 0 spiro atoms. The van der Waals surface area contributed by atoms with E-state index in [1.807, 2.05) is 37.4 Å². The summed E-state index contributed by atoms with van der Waals surface area (Å²) in [5, 5.41) is 7.72. The average molecular weight is 449 g/mol. The number of amides is 2. The predicted molar refractivity (Wildman–Crippen MR) is 121 cm³/mol. The smallest absolute Gasteiger partial charge is 0.262 e. The van der Waals surface area contributed by atoms with E-state index in [1.54, 1.807) is 18.2 Å². The number of thiophene rings is 1. The van der Waals surface area contributed by atoms with Gasteiger partial charge < -0.3 is 15.4 Å². The van der Waals surface area contributed by atoms with Crippen LogP contribution in [-0.2, 0) is 26.1 Å². The highest BCUT2D eigenvalue weighted by molar-refractivity contribution is 7.84. The number of nitrogens with one attached hydrogen (secondary N) is 2. The van der Waals surface area contributed by atoms with E-state index < -0.39 is 16.8 Å². The van der Waals surface area contributed by atoms with Gasteiger partial charge in [0.05, 0.1) is 4.88 Å². The molecule has 1 aromatic heterocycles. The maximum Gasteiger partial charge on any atom is 0.262 e. The molecule has 2 atom stereocenters. The number of benzene rings is 1. The Hall–Kier alpha value is -2.03. The quantitative estimate of drug-likeness (QED) is 0.647. The monoisotopic (exact) mass is 448 g/mol. The predicted octanol–water partition coefficient (Wildman–Crippen LogP) is 3.57. The summed E-state index contributed by atoms with van der Waals surface area (Å²) in [5.41, 5.74) is 1.55. The fraction of sp³-hybridized carbons (Fsp3) is 0.455. The van der Waals surface area contributed by atoms with Crippen molar-refractivity contribution in [1.82, 2.24) is 5.32 Å². The summed E-state index contributed by atoms with van der Waals surface area (Å²) < 4.78 is 18.0. The van der Waals surface area contributed by atoms with Crippen LogP contribution in [0.4, 0.5) is 5.69 Å². The Morgan fingerprint density at radius 3 is 2.63 bits per heavy atom. The van der Waals surface area contributed by atoms with Crippen LogP contribution in [0, 0.1) is 5.92 Å². The Bertz CT molecular complexity index is 877. The van der Waals surface area contributed by atoms with E-state index in [-0.39, 0.29) is 23.0 Å². The Kier molecular flexibility index (Phi) is 8.18. The maximum atomic E-state index is 12.8. The first kappa shape index (κ1) is 22.7. The third-order valence-electron chi connectivity index (χ3n) is 5.02. The summed E-state index contributed by atoms with van der Waals surface area (Å²) >= 11 is 1.34. The van der Waals surface area contributed by atoms with Crippen LogP contribution < -0.4 is 10.6 Å². The Balaban J connectivity index is 1.62. The zero-order valence-electron chi connectivity index (χ0n) is 17.3. The molecule has 2 heterocycles. The molecule has 6 nitrogen and oxygen atoms in total. The van der Waals surface area contributed by atoms with E-state index in [2.05, 4.69) is 10.6 Å². The number of rotatable bonds is 8. The molecule has 30 heavy (non-hydrogen) atoms. The van der Waals surface area contributed by atoms with Crippen molar-refractivity contribution in [2.45, 2.75) is 43.7 Å². The van der Waals surface area contributed by atoms with Crippen LogP contribution in [0.15, 0.2) is 41.8 Å². The molecule has 2 N–H and O–H groups in total. The Labute approximate surface area is 183 Å². The van der Waals surface area contributed by atoms with Gasteiger partial charge in [0.2, 0.25) is 5.91 Å². The van der Waals surface area contributed by atoms with Crippen LogP contribution in [-0.4, -0.2) is 40.5 Å². The highest BCUT2D eigenvalue weighted by Gasteiger charge is 2.25. The number of hydrogen-bond donors (Lipinski definition) is 2. The maximum absolute atomic E-state index is 12.8. The molecule has 162 valence electrons. The molecule has 1 fully saturated rings. The van der Waals surface area contributed by atoms with Crippen LogP contribution in [0.5, 0.6) is 0 Å². The highest BCUT2D eigenvalue weighted by Crippen LogP contribution is 2.19. The Morgan fingerprint density at radius 2 is 1.97 bits per heavy atom. The summed E-state index contributed by atoms with van der Waals surface area (Å²) in [5.74, 6) is -0.132. The molecule has 0 bridgehead atoms. The minimum Gasteiger partial charge on any atom is -0.381 e. The Morgan fingerprint density at radius 1 is 1.20 bits per heavy atom. The van der Waals surface area contributed by atoms with Gasteiger partial charge >= 0.3 is 0 Å². The summed E-state index contributed by atoms with van der Waals surface area (Å²) in [6, 6.07) is 10.3. The minimum absolute atomic E-state index is 0.0712. The molecule has 1 aromatic carbocycles. The van der Waals surface area contributed by atoms with Crippen molar-refractivity contribution < 1.29 is 18.5 Å². The number of carbonyl (C=O) groups excluding carboxylic acids is 2. The third kappa shape index (κ3) is 6.23. The molecule has 2 unspecified atom stereocenters.